The Morgan fingerprint density at radius 3 is 2.50 bits per heavy atom. The fourth-order valence-electron chi connectivity index (χ4n) is 1.89. The highest BCUT2D eigenvalue weighted by Crippen LogP contribution is 2.09. The monoisotopic (exact) mass is 300 g/mol. The third-order valence-corrected chi connectivity index (χ3v) is 2.89. The lowest BCUT2D eigenvalue weighted by molar-refractivity contribution is -0.120. The van der Waals surface area contributed by atoms with Crippen LogP contribution in [0.5, 0.6) is 0 Å². The molecule has 0 atom stereocenters. The number of benzene rings is 1. The van der Waals surface area contributed by atoms with Gasteiger partial charge in [0.2, 0.25) is 11.9 Å². The Morgan fingerprint density at radius 1 is 1.05 bits per heavy atom. The largest absolute Gasteiger partial charge is 0.478 e. The predicted octanol–water partition coefficient (Wildman–Crippen LogP) is 0.946. The van der Waals surface area contributed by atoms with E-state index in [4.69, 9.17) is 5.11 Å². The maximum absolute atomic E-state index is 11.8. The number of nitrogens with one attached hydrogen (secondary N) is 2. The average molecular weight is 300 g/mol. The number of hydrogen-bond acceptors (Lipinski definition) is 5. The zero-order valence-corrected chi connectivity index (χ0v) is 11.8. The van der Waals surface area contributed by atoms with E-state index in [9.17, 15) is 9.59 Å². The molecule has 7 nitrogen and oxygen atoms in total. The molecule has 0 aliphatic heterocycles. The number of aromatic carboxylic acids is 1. The van der Waals surface area contributed by atoms with Crippen molar-refractivity contribution in [3.8, 4) is 0 Å². The second kappa shape index (κ2) is 7.72. The molecule has 0 aliphatic rings. The number of carbonyl (C=O) groups excluding carboxylic acids is 1. The van der Waals surface area contributed by atoms with Crippen LogP contribution < -0.4 is 10.6 Å². The van der Waals surface area contributed by atoms with Gasteiger partial charge in [0.05, 0.1) is 12.0 Å². The van der Waals surface area contributed by atoms with Crippen LogP contribution >= 0.6 is 0 Å². The van der Waals surface area contributed by atoms with Gasteiger partial charge in [0, 0.05) is 25.5 Å². The predicted molar refractivity (Wildman–Crippen MR) is 80.6 cm³/mol. The summed E-state index contributed by atoms with van der Waals surface area (Å²) in [5.74, 6) is -0.774. The van der Waals surface area contributed by atoms with Gasteiger partial charge in [0.1, 0.15) is 0 Å². The molecule has 1 aromatic carbocycles. The first-order chi connectivity index (χ1) is 10.7. The highest BCUT2D eigenvalue weighted by molar-refractivity contribution is 5.91. The number of carboxylic acid groups (broad SMARTS) is 1. The molecular weight excluding hydrogens is 284 g/mol. The summed E-state index contributed by atoms with van der Waals surface area (Å²) in [5, 5.41) is 14.7. The fraction of sp³-hybridized carbons (Fsp3) is 0.200. The molecule has 1 amide bonds. The highest BCUT2D eigenvalue weighted by Gasteiger charge is 2.11. The van der Waals surface area contributed by atoms with Crippen molar-refractivity contribution in [2.24, 2.45) is 0 Å². The van der Waals surface area contributed by atoms with E-state index in [0.717, 1.165) is 0 Å². The summed E-state index contributed by atoms with van der Waals surface area (Å²) in [6, 6.07) is 8.18. The van der Waals surface area contributed by atoms with Gasteiger partial charge < -0.3 is 15.7 Å². The molecular formula is C15H16N4O3. The Bertz CT molecular complexity index is 646. The van der Waals surface area contributed by atoms with E-state index in [1.165, 1.54) is 6.07 Å². The lowest BCUT2D eigenvalue weighted by Gasteiger charge is -2.08. The van der Waals surface area contributed by atoms with Crippen molar-refractivity contribution in [1.82, 2.24) is 15.3 Å². The van der Waals surface area contributed by atoms with E-state index in [0.29, 0.717) is 24.6 Å². The van der Waals surface area contributed by atoms with Gasteiger partial charge in [-0.15, -0.1) is 0 Å². The van der Waals surface area contributed by atoms with E-state index in [1.54, 1.807) is 36.7 Å². The summed E-state index contributed by atoms with van der Waals surface area (Å²) < 4.78 is 0. The molecule has 0 bridgehead atoms. The summed E-state index contributed by atoms with van der Waals surface area (Å²) in [5.41, 5.74) is 0.639. The van der Waals surface area contributed by atoms with Crippen LogP contribution in [0, 0.1) is 0 Å². The lowest BCUT2D eigenvalue weighted by Crippen LogP contribution is -2.30. The molecule has 2 aromatic rings. The first kappa shape index (κ1) is 15.4. The minimum Gasteiger partial charge on any atom is -0.478 e. The molecule has 2 rings (SSSR count). The number of hydrogen-bond donors (Lipinski definition) is 3. The number of rotatable bonds is 7. The number of carboxylic acids is 1. The van der Waals surface area contributed by atoms with Crippen molar-refractivity contribution < 1.29 is 14.7 Å². The highest BCUT2D eigenvalue weighted by atomic mass is 16.4. The SMILES string of the molecule is O=C(Cc1ccccc1C(=O)O)NCCNc1ncccn1. The molecule has 0 radical (unpaired) electrons. The van der Waals surface area contributed by atoms with Crippen LogP contribution in [0.25, 0.3) is 0 Å². The van der Waals surface area contributed by atoms with Gasteiger partial charge in [0.15, 0.2) is 0 Å². The van der Waals surface area contributed by atoms with Crippen LogP contribution in [0.1, 0.15) is 15.9 Å². The minimum absolute atomic E-state index is 0.0321. The minimum atomic E-state index is -1.04. The van der Waals surface area contributed by atoms with Gasteiger partial charge in [-0.1, -0.05) is 18.2 Å². The van der Waals surface area contributed by atoms with Crippen molar-refractivity contribution >= 4 is 17.8 Å². The molecule has 0 fully saturated rings. The maximum Gasteiger partial charge on any atom is 0.335 e. The fourth-order valence-corrected chi connectivity index (χ4v) is 1.89. The van der Waals surface area contributed by atoms with Crippen LogP contribution in [0.15, 0.2) is 42.7 Å². The smallest absolute Gasteiger partial charge is 0.335 e. The number of anilines is 1. The summed E-state index contributed by atoms with van der Waals surface area (Å²) in [6.45, 7) is 0.878. The van der Waals surface area contributed by atoms with E-state index >= 15 is 0 Å². The quantitative estimate of drug-likeness (QED) is 0.658. The molecule has 7 heteroatoms. The summed E-state index contributed by atoms with van der Waals surface area (Å²) >= 11 is 0. The molecule has 0 unspecified atom stereocenters. The number of aromatic nitrogens is 2. The van der Waals surface area contributed by atoms with Gasteiger partial charge in [-0.2, -0.15) is 0 Å². The number of amides is 1. The van der Waals surface area contributed by atoms with Crippen LogP contribution in [-0.2, 0) is 11.2 Å². The van der Waals surface area contributed by atoms with Crippen molar-refractivity contribution in [3.05, 3.63) is 53.9 Å². The Hall–Kier alpha value is -2.96. The molecule has 0 saturated carbocycles. The second-order valence-electron chi connectivity index (χ2n) is 4.49. The summed E-state index contributed by atoms with van der Waals surface area (Å²) in [4.78, 5) is 30.9. The summed E-state index contributed by atoms with van der Waals surface area (Å²) in [6.07, 6.45) is 3.28. The van der Waals surface area contributed by atoms with Gasteiger partial charge >= 0.3 is 5.97 Å². The summed E-state index contributed by atoms with van der Waals surface area (Å²) in [7, 11) is 0. The van der Waals surface area contributed by atoms with Crippen molar-refractivity contribution in [2.45, 2.75) is 6.42 Å². The van der Waals surface area contributed by atoms with Crippen LogP contribution in [0.2, 0.25) is 0 Å². The molecule has 114 valence electrons. The normalized spacial score (nSPS) is 10.0. The number of carbonyl (C=O) groups is 2. The van der Waals surface area contributed by atoms with Crippen molar-refractivity contribution in [3.63, 3.8) is 0 Å². The van der Waals surface area contributed by atoms with Crippen LogP contribution in [0.4, 0.5) is 5.95 Å². The Morgan fingerprint density at radius 2 is 1.77 bits per heavy atom. The Balaban J connectivity index is 1.78. The first-order valence-corrected chi connectivity index (χ1v) is 6.75. The molecule has 0 spiro atoms. The van der Waals surface area contributed by atoms with Gasteiger partial charge in [0.25, 0.3) is 0 Å². The van der Waals surface area contributed by atoms with Crippen LogP contribution in [0.3, 0.4) is 0 Å². The Kier molecular flexibility index (Phi) is 5.42. The average Bonchev–Trinajstić information content (AvgIpc) is 2.53. The van der Waals surface area contributed by atoms with Crippen LogP contribution in [-0.4, -0.2) is 40.0 Å². The first-order valence-electron chi connectivity index (χ1n) is 6.75. The number of nitrogens with zero attached hydrogens (tertiary/aromatic N) is 2. The van der Waals surface area contributed by atoms with E-state index in [-0.39, 0.29) is 17.9 Å². The van der Waals surface area contributed by atoms with E-state index in [1.807, 2.05) is 0 Å². The third-order valence-electron chi connectivity index (χ3n) is 2.89. The molecule has 0 aliphatic carbocycles. The zero-order chi connectivity index (χ0) is 15.8. The second-order valence-corrected chi connectivity index (χ2v) is 4.49. The van der Waals surface area contributed by atoms with Gasteiger partial charge in [-0.05, 0) is 17.7 Å². The molecule has 3 N–H and O–H groups in total. The lowest BCUT2D eigenvalue weighted by atomic mass is 10.0. The maximum atomic E-state index is 11.8. The standard InChI is InChI=1S/C15H16N4O3/c20-13(10-11-4-1-2-5-12(11)14(21)22)16-8-9-19-15-17-6-3-7-18-15/h1-7H,8-10H2,(H,16,20)(H,21,22)(H,17,18,19). The van der Waals surface area contributed by atoms with Gasteiger partial charge in [-0.3, -0.25) is 4.79 Å². The topological polar surface area (TPSA) is 104 Å². The third kappa shape index (κ3) is 4.55. The molecule has 1 heterocycles. The zero-order valence-electron chi connectivity index (χ0n) is 11.8. The Labute approximate surface area is 127 Å². The molecule has 0 saturated heterocycles. The van der Waals surface area contributed by atoms with E-state index in [2.05, 4.69) is 20.6 Å². The van der Waals surface area contributed by atoms with E-state index < -0.39 is 5.97 Å². The molecule has 1 aromatic heterocycles. The van der Waals surface area contributed by atoms with Crippen molar-refractivity contribution in [1.29, 1.82) is 0 Å². The van der Waals surface area contributed by atoms with Crippen molar-refractivity contribution in [2.75, 3.05) is 18.4 Å². The molecule has 22 heavy (non-hydrogen) atoms. The van der Waals surface area contributed by atoms with Gasteiger partial charge in [-0.25, -0.2) is 14.8 Å².